The number of fused-ring (bicyclic) bond motifs is 1. The van der Waals surface area contributed by atoms with Gasteiger partial charge in [0.15, 0.2) is 0 Å². The van der Waals surface area contributed by atoms with Gasteiger partial charge in [0.1, 0.15) is 0 Å². The van der Waals surface area contributed by atoms with Gasteiger partial charge in [-0.1, -0.05) is 18.2 Å². The van der Waals surface area contributed by atoms with Gasteiger partial charge >= 0.3 is 0 Å². The van der Waals surface area contributed by atoms with Crippen LogP contribution in [0.2, 0.25) is 0 Å². The molecule has 0 aliphatic carbocycles. The van der Waals surface area contributed by atoms with Gasteiger partial charge in [0, 0.05) is 30.8 Å². The number of H-pyrrole nitrogens is 1. The van der Waals surface area contributed by atoms with E-state index in [9.17, 15) is 4.79 Å². The van der Waals surface area contributed by atoms with Gasteiger partial charge in [-0.05, 0) is 49.2 Å². The Bertz CT molecular complexity index is 659. The molecule has 4 heteroatoms. The van der Waals surface area contributed by atoms with Crippen LogP contribution < -0.4 is 10.9 Å². The molecule has 21 heavy (non-hydrogen) atoms. The lowest BCUT2D eigenvalue weighted by Gasteiger charge is -2.24. The van der Waals surface area contributed by atoms with Crippen LogP contribution in [0.1, 0.15) is 31.4 Å². The fourth-order valence-corrected chi connectivity index (χ4v) is 2.99. The molecule has 2 aromatic rings. The molecule has 3 rings (SSSR count). The number of aromatic amines is 1. The van der Waals surface area contributed by atoms with E-state index in [1.165, 1.54) is 0 Å². The van der Waals surface area contributed by atoms with Gasteiger partial charge in [-0.3, -0.25) is 4.79 Å². The second kappa shape index (κ2) is 6.41. The minimum Gasteiger partial charge on any atom is -0.381 e. The highest BCUT2D eigenvalue weighted by Crippen LogP contribution is 2.22. The number of hydrogen-bond donors (Lipinski definition) is 2. The van der Waals surface area contributed by atoms with Crippen molar-refractivity contribution < 1.29 is 4.74 Å². The van der Waals surface area contributed by atoms with Crippen molar-refractivity contribution in [3.8, 4) is 0 Å². The first-order valence-corrected chi connectivity index (χ1v) is 7.67. The third kappa shape index (κ3) is 3.17. The number of pyridine rings is 1. The monoisotopic (exact) mass is 286 g/mol. The Morgan fingerprint density at radius 1 is 1.29 bits per heavy atom. The van der Waals surface area contributed by atoms with Gasteiger partial charge in [0.25, 0.3) is 5.56 Å². The molecule has 1 aliphatic heterocycles. The zero-order valence-corrected chi connectivity index (χ0v) is 12.4. The zero-order valence-electron chi connectivity index (χ0n) is 12.4. The summed E-state index contributed by atoms with van der Waals surface area (Å²) < 4.78 is 5.39. The zero-order chi connectivity index (χ0) is 14.7. The second-order valence-electron chi connectivity index (χ2n) is 5.80. The molecular formula is C17H22N2O2. The number of nitrogens with one attached hydrogen (secondary N) is 2. The molecule has 1 aromatic heterocycles. The molecule has 112 valence electrons. The van der Waals surface area contributed by atoms with Crippen LogP contribution in [0, 0.1) is 5.92 Å². The summed E-state index contributed by atoms with van der Waals surface area (Å²) in [5.74, 6) is 0.690. The van der Waals surface area contributed by atoms with E-state index in [0.29, 0.717) is 5.92 Å². The van der Waals surface area contributed by atoms with Gasteiger partial charge in [-0.25, -0.2) is 0 Å². The van der Waals surface area contributed by atoms with Gasteiger partial charge in [-0.2, -0.15) is 0 Å². The van der Waals surface area contributed by atoms with E-state index in [1.807, 2.05) is 30.5 Å². The highest BCUT2D eigenvalue weighted by molar-refractivity contribution is 5.84. The van der Waals surface area contributed by atoms with Crippen molar-refractivity contribution in [3.05, 3.63) is 46.4 Å². The second-order valence-corrected chi connectivity index (χ2v) is 5.80. The summed E-state index contributed by atoms with van der Waals surface area (Å²) in [6.07, 6.45) is 4.10. The molecule has 0 saturated carbocycles. The van der Waals surface area contributed by atoms with E-state index in [4.69, 9.17) is 4.74 Å². The molecule has 1 saturated heterocycles. The Labute approximate surface area is 124 Å². The lowest BCUT2D eigenvalue weighted by molar-refractivity contribution is 0.0656. The lowest BCUT2D eigenvalue weighted by Crippen LogP contribution is -2.30. The fraction of sp³-hybridized carbons (Fsp3) is 0.471. The molecule has 1 unspecified atom stereocenters. The number of hydrogen-bond acceptors (Lipinski definition) is 3. The van der Waals surface area contributed by atoms with Gasteiger partial charge in [0.2, 0.25) is 0 Å². The number of benzene rings is 1. The van der Waals surface area contributed by atoms with Gasteiger partial charge in [0.05, 0.1) is 0 Å². The van der Waals surface area contributed by atoms with Gasteiger partial charge < -0.3 is 15.0 Å². The minimum absolute atomic E-state index is 0.0222. The summed E-state index contributed by atoms with van der Waals surface area (Å²) >= 11 is 0. The molecule has 1 aliphatic rings. The van der Waals surface area contributed by atoms with Crippen LogP contribution in [0.5, 0.6) is 0 Å². The molecule has 1 atom stereocenters. The molecule has 4 nitrogen and oxygen atoms in total. The summed E-state index contributed by atoms with van der Waals surface area (Å²) in [4.78, 5) is 14.7. The molecule has 0 bridgehead atoms. The third-order valence-electron chi connectivity index (χ3n) is 4.36. The van der Waals surface area contributed by atoms with E-state index in [0.717, 1.165) is 48.9 Å². The average molecular weight is 286 g/mol. The van der Waals surface area contributed by atoms with Crippen molar-refractivity contribution in [3.63, 3.8) is 0 Å². The maximum Gasteiger partial charge on any atom is 0.255 e. The topological polar surface area (TPSA) is 54.1 Å². The van der Waals surface area contributed by atoms with E-state index in [-0.39, 0.29) is 11.6 Å². The molecule has 1 fully saturated rings. The Morgan fingerprint density at radius 3 is 2.76 bits per heavy atom. The Morgan fingerprint density at radius 2 is 2.00 bits per heavy atom. The maximum absolute atomic E-state index is 11.9. The van der Waals surface area contributed by atoms with E-state index in [2.05, 4.69) is 17.2 Å². The van der Waals surface area contributed by atoms with E-state index < -0.39 is 0 Å². The average Bonchev–Trinajstić information content (AvgIpc) is 2.54. The minimum atomic E-state index is -0.0222. The molecule has 1 aromatic carbocycles. The quantitative estimate of drug-likeness (QED) is 0.908. The Balaban J connectivity index is 1.76. The maximum atomic E-state index is 11.9. The normalized spacial score (nSPS) is 18.0. The van der Waals surface area contributed by atoms with Crippen LogP contribution in [-0.2, 0) is 4.74 Å². The van der Waals surface area contributed by atoms with E-state index in [1.54, 1.807) is 0 Å². The van der Waals surface area contributed by atoms with Crippen molar-refractivity contribution >= 4 is 10.8 Å². The third-order valence-corrected chi connectivity index (χ3v) is 4.36. The van der Waals surface area contributed by atoms with Crippen molar-refractivity contribution in [1.82, 2.24) is 10.3 Å². The van der Waals surface area contributed by atoms with Crippen molar-refractivity contribution in [2.24, 2.45) is 5.92 Å². The summed E-state index contributed by atoms with van der Waals surface area (Å²) in [7, 11) is 0. The smallest absolute Gasteiger partial charge is 0.255 e. The number of ether oxygens (including phenoxy) is 1. The van der Waals surface area contributed by atoms with Crippen LogP contribution in [0.25, 0.3) is 10.8 Å². The summed E-state index contributed by atoms with van der Waals surface area (Å²) in [6, 6.07) is 8.00. The van der Waals surface area contributed by atoms with Crippen molar-refractivity contribution in [1.29, 1.82) is 0 Å². The number of rotatable bonds is 4. The predicted octanol–water partition coefficient (Wildman–Crippen LogP) is 2.61. The summed E-state index contributed by atoms with van der Waals surface area (Å²) in [5.41, 5.74) is 1.13. The highest BCUT2D eigenvalue weighted by Gasteiger charge is 2.16. The van der Waals surface area contributed by atoms with Crippen LogP contribution in [-0.4, -0.2) is 24.7 Å². The van der Waals surface area contributed by atoms with Crippen LogP contribution in [0.4, 0.5) is 0 Å². The molecular weight excluding hydrogens is 264 g/mol. The largest absolute Gasteiger partial charge is 0.381 e. The first-order valence-electron chi connectivity index (χ1n) is 7.67. The first-order chi connectivity index (χ1) is 10.3. The highest BCUT2D eigenvalue weighted by atomic mass is 16.5. The van der Waals surface area contributed by atoms with E-state index >= 15 is 0 Å². The van der Waals surface area contributed by atoms with Crippen LogP contribution >= 0.6 is 0 Å². The molecule has 0 radical (unpaired) electrons. The summed E-state index contributed by atoms with van der Waals surface area (Å²) in [5, 5.41) is 5.40. The SMILES string of the molecule is CC(NCC1CCOCC1)c1c[nH]c(=O)c2ccccc12. The molecule has 0 amide bonds. The van der Waals surface area contributed by atoms with Crippen LogP contribution in [0.3, 0.4) is 0 Å². The Kier molecular flexibility index (Phi) is 4.36. The summed E-state index contributed by atoms with van der Waals surface area (Å²) in [6.45, 7) is 4.90. The van der Waals surface area contributed by atoms with Crippen molar-refractivity contribution in [2.75, 3.05) is 19.8 Å². The Hall–Kier alpha value is -1.65. The molecule has 2 heterocycles. The molecule has 0 spiro atoms. The predicted molar refractivity (Wildman–Crippen MR) is 84.5 cm³/mol. The first kappa shape index (κ1) is 14.3. The molecule has 2 N–H and O–H groups in total. The standard InChI is InChI=1S/C17H22N2O2/c1-12(18-10-13-6-8-21-9-7-13)16-11-19-17(20)15-5-3-2-4-14(15)16/h2-5,11-13,18H,6-10H2,1H3,(H,19,20). The van der Waals surface area contributed by atoms with Gasteiger partial charge in [-0.15, -0.1) is 0 Å². The number of aromatic nitrogens is 1. The van der Waals surface area contributed by atoms with Crippen LogP contribution in [0.15, 0.2) is 35.3 Å². The van der Waals surface area contributed by atoms with Crippen molar-refractivity contribution in [2.45, 2.75) is 25.8 Å². The fourth-order valence-electron chi connectivity index (χ4n) is 2.99. The lowest BCUT2D eigenvalue weighted by atomic mass is 9.98.